The lowest BCUT2D eigenvalue weighted by Crippen LogP contribution is -2.23. The normalized spacial score (nSPS) is 28.8. The molecule has 1 aliphatic heterocycles. The average molecular weight is 224 g/mol. The maximum absolute atomic E-state index is 11.7. The summed E-state index contributed by atoms with van der Waals surface area (Å²) in [6.45, 7) is 3.86. The van der Waals surface area contributed by atoms with Gasteiger partial charge < -0.3 is 9.47 Å². The minimum Gasteiger partial charge on any atom is -0.486 e. The lowest BCUT2D eigenvalue weighted by atomic mass is 9.87. The Morgan fingerprint density at radius 3 is 3.00 bits per heavy atom. The highest BCUT2D eigenvalue weighted by molar-refractivity contribution is 6.02. The molecule has 2 unspecified atom stereocenters. The molecule has 4 nitrogen and oxygen atoms in total. The first-order valence-electron chi connectivity index (χ1n) is 5.75. The number of Topliss-reactive ketones (excluding diaryl/α,β-unsaturated/α-hetero) is 1. The van der Waals surface area contributed by atoms with E-state index >= 15 is 0 Å². The summed E-state index contributed by atoms with van der Waals surface area (Å²) in [4.78, 5) is 23.4. The molecule has 2 atom stereocenters. The highest BCUT2D eigenvalue weighted by atomic mass is 16.5. The van der Waals surface area contributed by atoms with E-state index in [0.29, 0.717) is 17.9 Å². The fraction of sp³-hybridized carbons (Fsp3) is 0.667. The largest absolute Gasteiger partial charge is 0.486 e. The Balaban J connectivity index is 2.22. The van der Waals surface area contributed by atoms with Crippen LogP contribution in [0.3, 0.4) is 0 Å². The monoisotopic (exact) mass is 224 g/mol. The Morgan fingerprint density at radius 2 is 2.31 bits per heavy atom. The molecule has 16 heavy (non-hydrogen) atoms. The average Bonchev–Trinajstić information content (AvgIpc) is 2.55. The summed E-state index contributed by atoms with van der Waals surface area (Å²) in [6, 6.07) is 0. The van der Waals surface area contributed by atoms with Gasteiger partial charge in [-0.15, -0.1) is 0 Å². The Hall–Kier alpha value is -1.32. The molecule has 0 N–H and O–H groups in total. The van der Waals surface area contributed by atoms with Crippen LogP contribution in [-0.4, -0.2) is 24.5 Å². The van der Waals surface area contributed by atoms with E-state index < -0.39 is 6.10 Å². The first-order chi connectivity index (χ1) is 7.65. The molecule has 0 radical (unpaired) electrons. The van der Waals surface area contributed by atoms with Crippen molar-refractivity contribution in [1.82, 2.24) is 0 Å². The highest BCUT2D eigenvalue weighted by Gasteiger charge is 2.41. The Morgan fingerprint density at radius 1 is 1.56 bits per heavy atom. The second kappa shape index (κ2) is 4.28. The van der Waals surface area contributed by atoms with Crippen LogP contribution in [-0.2, 0) is 19.1 Å². The van der Waals surface area contributed by atoms with E-state index in [2.05, 4.69) is 0 Å². The summed E-state index contributed by atoms with van der Waals surface area (Å²) in [5.74, 6) is -0.0274. The Kier molecular flexibility index (Phi) is 2.99. The van der Waals surface area contributed by atoms with Crippen LogP contribution in [0.4, 0.5) is 0 Å². The summed E-state index contributed by atoms with van der Waals surface area (Å²) in [6.07, 6.45) is 1.87. The van der Waals surface area contributed by atoms with Gasteiger partial charge in [0.05, 0.1) is 6.61 Å². The molecule has 0 aromatic rings. The maximum Gasteiger partial charge on any atom is 0.316 e. The molecule has 0 saturated heterocycles. The van der Waals surface area contributed by atoms with E-state index in [9.17, 15) is 9.59 Å². The van der Waals surface area contributed by atoms with Crippen LogP contribution >= 0.6 is 0 Å². The van der Waals surface area contributed by atoms with Crippen molar-refractivity contribution in [2.75, 3.05) is 6.61 Å². The molecule has 2 aliphatic rings. The molecular weight excluding hydrogens is 208 g/mol. The third kappa shape index (κ3) is 1.72. The SMILES string of the molecule is CCOC(=O)C1CCCC2=C1OC(C)C2=O. The van der Waals surface area contributed by atoms with E-state index in [-0.39, 0.29) is 17.7 Å². The molecule has 2 rings (SSSR count). The molecule has 88 valence electrons. The van der Waals surface area contributed by atoms with Gasteiger partial charge in [0.25, 0.3) is 0 Å². The fourth-order valence-electron chi connectivity index (χ4n) is 2.30. The number of esters is 1. The number of carbonyl (C=O) groups excluding carboxylic acids is 2. The van der Waals surface area contributed by atoms with Gasteiger partial charge in [-0.3, -0.25) is 9.59 Å². The standard InChI is InChI=1S/C12H16O4/c1-3-15-12(14)9-6-4-5-8-10(13)7(2)16-11(8)9/h7,9H,3-6H2,1-2H3. The first kappa shape index (κ1) is 11.2. The van der Waals surface area contributed by atoms with E-state index in [1.807, 2.05) is 0 Å². The van der Waals surface area contributed by atoms with Crippen LogP contribution < -0.4 is 0 Å². The van der Waals surface area contributed by atoms with E-state index in [0.717, 1.165) is 19.3 Å². The van der Waals surface area contributed by atoms with Gasteiger partial charge in [-0.05, 0) is 33.1 Å². The van der Waals surface area contributed by atoms with Crippen molar-refractivity contribution in [2.24, 2.45) is 5.92 Å². The third-order valence-electron chi connectivity index (χ3n) is 3.08. The Bertz CT molecular complexity index is 356. The van der Waals surface area contributed by atoms with Gasteiger partial charge in [-0.2, -0.15) is 0 Å². The number of ether oxygens (including phenoxy) is 2. The molecule has 0 aromatic carbocycles. The van der Waals surface area contributed by atoms with E-state index in [4.69, 9.17) is 9.47 Å². The van der Waals surface area contributed by atoms with Gasteiger partial charge in [-0.25, -0.2) is 0 Å². The molecule has 0 spiro atoms. The highest BCUT2D eigenvalue weighted by Crippen LogP contribution is 2.38. The Labute approximate surface area is 94.6 Å². The fourth-order valence-corrected chi connectivity index (χ4v) is 2.30. The summed E-state index contributed by atoms with van der Waals surface area (Å²) in [5.41, 5.74) is 0.705. The summed E-state index contributed by atoms with van der Waals surface area (Å²) < 4.78 is 10.5. The smallest absolute Gasteiger partial charge is 0.316 e. The number of rotatable bonds is 2. The predicted molar refractivity (Wildman–Crippen MR) is 56.6 cm³/mol. The molecule has 1 aliphatic carbocycles. The molecular formula is C12H16O4. The van der Waals surface area contributed by atoms with E-state index in [1.54, 1.807) is 13.8 Å². The van der Waals surface area contributed by atoms with Crippen LogP contribution in [0.15, 0.2) is 11.3 Å². The van der Waals surface area contributed by atoms with Crippen molar-refractivity contribution in [3.63, 3.8) is 0 Å². The van der Waals surface area contributed by atoms with Crippen molar-refractivity contribution in [3.8, 4) is 0 Å². The van der Waals surface area contributed by atoms with Gasteiger partial charge >= 0.3 is 5.97 Å². The predicted octanol–water partition coefficient (Wildman–Crippen LogP) is 1.59. The minimum atomic E-state index is -0.431. The van der Waals surface area contributed by atoms with Crippen molar-refractivity contribution in [2.45, 2.75) is 39.2 Å². The van der Waals surface area contributed by atoms with Crippen molar-refractivity contribution in [3.05, 3.63) is 11.3 Å². The van der Waals surface area contributed by atoms with Crippen LogP contribution in [0.1, 0.15) is 33.1 Å². The van der Waals surface area contributed by atoms with Crippen LogP contribution in [0.5, 0.6) is 0 Å². The molecule has 0 amide bonds. The molecule has 0 aromatic heterocycles. The van der Waals surface area contributed by atoms with Gasteiger partial charge in [0.2, 0.25) is 5.78 Å². The molecule has 0 fully saturated rings. The van der Waals surface area contributed by atoms with Gasteiger partial charge in [-0.1, -0.05) is 0 Å². The lowest BCUT2D eigenvalue weighted by molar-refractivity contribution is -0.148. The maximum atomic E-state index is 11.7. The summed E-state index contributed by atoms with van der Waals surface area (Å²) in [7, 11) is 0. The zero-order chi connectivity index (χ0) is 11.7. The number of ketones is 1. The first-order valence-corrected chi connectivity index (χ1v) is 5.75. The van der Waals surface area contributed by atoms with E-state index in [1.165, 1.54) is 0 Å². The quantitative estimate of drug-likeness (QED) is 0.668. The van der Waals surface area contributed by atoms with Crippen LogP contribution in [0.2, 0.25) is 0 Å². The van der Waals surface area contributed by atoms with Gasteiger partial charge in [0.15, 0.2) is 6.10 Å². The molecule has 0 bridgehead atoms. The zero-order valence-electron chi connectivity index (χ0n) is 9.62. The molecule has 0 saturated carbocycles. The van der Waals surface area contributed by atoms with Gasteiger partial charge in [0, 0.05) is 5.57 Å². The topological polar surface area (TPSA) is 52.6 Å². The number of carbonyl (C=O) groups is 2. The van der Waals surface area contributed by atoms with Crippen molar-refractivity contribution < 1.29 is 19.1 Å². The second-order valence-electron chi connectivity index (χ2n) is 4.16. The molecule has 4 heteroatoms. The van der Waals surface area contributed by atoms with Crippen molar-refractivity contribution in [1.29, 1.82) is 0 Å². The minimum absolute atomic E-state index is 0.0315. The summed E-state index contributed by atoms with van der Waals surface area (Å²) >= 11 is 0. The third-order valence-corrected chi connectivity index (χ3v) is 3.08. The zero-order valence-corrected chi connectivity index (χ0v) is 9.62. The van der Waals surface area contributed by atoms with Gasteiger partial charge in [0.1, 0.15) is 11.7 Å². The van der Waals surface area contributed by atoms with Crippen LogP contribution in [0.25, 0.3) is 0 Å². The van der Waals surface area contributed by atoms with Crippen molar-refractivity contribution >= 4 is 11.8 Å². The second-order valence-corrected chi connectivity index (χ2v) is 4.16. The van der Waals surface area contributed by atoms with Crippen LogP contribution in [0, 0.1) is 5.92 Å². The summed E-state index contributed by atoms with van der Waals surface area (Å²) in [5, 5.41) is 0. The number of hydrogen-bond acceptors (Lipinski definition) is 4. The lowest BCUT2D eigenvalue weighted by Gasteiger charge is -2.21. The molecule has 1 heterocycles. The number of hydrogen-bond donors (Lipinski definition) is 0.